The molecule has 0 N–H and O–H groups in total. The van der Waals surface area contributed by atoms with E-state index in [1.165, 1.54) is 4.90 Å². The highest BCUT2D eigenvalue weighted by Gasteiger charge is 2.34. The molecular weight excluding hydrogens is 444 g/mol. The van der Waals surface area contributed by atoms with Gasteiger partial charge in [0.1, 0.15) is 0 Å². The molecular formula is C24H19BrN2O3. The lowest BCUT2D eigenvalue weighted by atomic mass is 9.93. The van der Waals surface area contributed by atoms with Gasteiger partial charge in [-0.3, -0.25) is 14.4 Å². The second-order valence-electron chi connectivity index (χ2n) is 7.67. The van der Waals surface area contributed by atoms with Crippen LogP contribution in [0.5, 0.6) is 0 Å². The maximum atomic E-state index is 13.2. The van der Waals surface area contributed by atoms with Gasteiger partial charge in [0.05, 0.1) is 5.69 Å². The van der Waals surface area contributed by atoms with Crippen molar-refractivity contribution in [3.63, 3.8) is 0 Å². The van der Waals surface area contributed by atoms with Crippen molar-refractivity contribution >= 4 is 50.1 Å². The fourth-order valence-corrected chi connectivity index (χ4v) is 4.79. The molecule has 0 saturated carbocycles. The topological polar surface area (TPSA) is 57.7 Å². The van der Waals surface area contributed by atoms with Crippen molar-refractivity contribution in [2.75, 3.05) is 18.0 Å². The van der Waals surface area contributed by atoms with E-state index in [0.29, 0.717) is 27.8 Å². The third kappa shape index (κ3) is 2.94. The van der Waals surface area contributed by atoms with Gasteiger partial charge in [-0.25, -0.2) is 4.90 Å². The Hall–Kier alpha value is -2.99. The normalized spacial score (nSPS) is 16.3. The van der Waals surface area contributed by atoms with Crippen molar-refractivity contribution in [3.05, 3.63) is 75.8 Å². The molecule has 0 aliphatic carbocycles. The first-order valence-electron chi connectivity index (χ1n) is 10.1. The van der Waals surface area contributed by atoms with E-state index in [-0.39, 0.29) is 17.7 Å². The van der Waals surface area contributed by atoms with Gasteiger partial charge in [-0.05, 0) is 67.1 Å². The number of imide groups is 1. The van der Waals surface area contributed by atoms with E-state index in [2.05, 4.69) is 15.9 Å². The minimum atomic E-state index is -0.355. The molecule has 30 heavy (non-hydrogen) atoms. The zero-order valence-electron chi connectivity index (χ0n) is 16.2. The van der Waals surface area contributed by atoms with Crippen molar-refractivity contribution in [2.45, 2.75) is 19.3 Å². The summed E-state index contributed by atoms with van der Waals surface area (Å²) < 4.78 is 0.845. The van der Waals surface area contributed by atoms with Crippen molar-refractivity contribution in [2.24, 2.45) is 0 Å². The van der Waals surface area contributed by atoms with Crippen LogP contribution in [0.1, 0.15) is 50.3 Å². The lowest BCUT2D eigenvalue weighted by Gasteiger charge is -2.28. The zero-order chi connectivity index (χ0) is 20.8. The van der Waals surface area contributed by atoms with Crippen molar-refractivity contribution in [1.29, 1.82) is 0 Å². The number of amides is 3. The third-order valence-electron chi connectivity index (χ3n) is 5.87. The number of hydrogen-bond donors (Lipinski definition) is 0. The summed E-state index contributed by atoms with van der Waals surface area (Å²) >= 11 is 3.50. The summed E-state index contributed by atoms with van der Waals surface area (Å²) in [6.45, 7) is 1.56. The molecule has 5 rings (SSSR count). The van der Waals surface area contributed by atoms with Crippen LogP contribution in [0.15, 0.2) is 59.1 Å². The Kier molecular flexibility index (Phi) is 4.66. The maximum absolute atomic E-state index is 13.2. The Morgan fingerprint density at radius 1 is 0.800 bits per heavy atom. The van der Waals surface area contributed by atoms with E-state index in [4.69, 9.17) is 0 Å². The van der Waals surface area contributed by atoms with E-state index in [1.54, 1.807) is 36.4 Å². The quantitative estimate of drug-likeness (QED) is 0.501. The summed E-state index contributed by atoms with van der Waals surface area (Å²) in [4.78, 5) is 42.2. The monoisotopic (exact) mass is 462 g/mol. The van der Waals surface area contributed by atoms with Crippen LogP contribution in [-0.4, -0.2) is 35.7 Å². The first-order chi connectivity index (χ1) is 14.6. The number of nitrogens with zero attached hydrogens (tertiary/aromatic N) is 2. The molecule has 3 aromatic carbocycles. The van der Waals surface area contributed by atoms with Crippen molar-refractivity contribution in [1.82, 2.24) is 4.90 Å². The molecule has 3 aromatic rings. The van der Waals surface area contributed by atoms with Crippen LogP contribution >= 0.6 is 15.9 Å². The highest BCUT2D eigenvalue weighted by molar-refractivity contribution is 9.10. The third-order valence-corrected chi connectivity index (χ3v) is 6.56. The second kappa shape index (κ2) is 7.36. The van der Waals surface area contributed by atoms with Crippen LogP contribution in [0.25, 0.3) is 10.8 Å². The number of halogens is 1. The highest BCUT2D eigenvalue weighted by Crippen LogP contribution is 2.36. The summed E-state index contributed by atoms with van der Waals surface area (Å²) in [6, 6.07) is 15.8. The second-order valence-corrected chi connectivity index (χ2v) is 8.52. The van der Waals surface area contributed by atoms with Crippen LogP contribution in [0.4, 0.5) is 5.69 Å². The lowest BCUT2D eigenvalue weighted by molar-refractivity contribution is 0.0724. The maximum Gasteiger partial charge on any atom is 0.265 e. The van der Waals surface area contributed by atoms with E-state index in [1.807, 2.05) is 23.1 Å². The Bertz CT molecular complexity index is 1170. The van der Waals surface area contributed by atoms with Gasteiger partial charge >= 0.3 is 0 Å². The fraction of sp³-hybridized carbons (Fsp3) is 0.208. The Labute approximate surface area is 182 Å². The fourth-order valence-electron chi connectivity index (χ4n) is 4.33. The molecule has 0 unspecified atom stereocenters. The smallest absolute Gasteiger partial charge is 0.265 e. The average Bonchev–Trinajstić information content (AvgIpc) is 2.79. The van der Waals surface area contributed by atoms with Crippen LogP contribution in [0.3, 0.4) is 0 Å². The summed E-state index contributed by atoms with van der Waals surface area (Å²) in [5.41, 5.74) is 2.03. The van der Waals surface area contributed by atoms with Gasteiger partial charge in [-0.1, -0.05) is 28.1 Å². The predicted molar refractivity (Wildman–Crippen MR) is 119 cm³/mol. The van der Waals surface area contributed by atoms with E-state index in [9.17, 15) is 14.4 Å². The summed E-state index contributed by atoms with van der Waals surface area (Å²) in [6.07, 6.45) is 3.22. The first kappa shape index (κ1) is 19.0. The Morgan fingerprint density at radius 2 is 1.47 bits per heavy atom. The number of carbonyl (C=O) groups is 3. The molecule has 5 nitrogen and oxygen atoms in total. The molecule has 0 atom stereocenters. The number of carbonyl (C=O) groups excluding carboxylic acids is 3. The van der Waals surface area contributed by atoms with Gasteiger partial charge in [-0.15, -0.1) is 0 Å². The number of rotatable bonds is 2. The van der Waals surface area contributed by atoms with Crippen molar-refractivity contribution in [3.8, 4) is 0 Å². The van der Waals surface area contributed by atoms with Gasteiger partial charge in [0, 0.05) is 39.6 Å². The van der Waals surface area contributed by atoms with Crippen LogP contribution < -0.4 is 4.90 Å². The molecule has 2 aliphatic heterocycles. The molecule has 150 valence electrons. The van der Waals surface area contributed by atoms with Crippen LogP contribution in [-0.2, 0) is 0 Å². The number of hydrogen-bond acceptors (Lipinski definition) is 3. The molecule has 3 amide bonds. The van der Waals surface area contributed by atoms with E-state index in [0.717, 1.165) is 42.2 Å². The van der Waals surface area contributed by atoms with E-state index >= 15 is 0 Å². The minimum absolute atomic E-state index is 0.00230. The molecule has 0 bridgehead atoms. The highest BCUT2D eigenvalue weighted by atomic mass is 79.9. The average molecular weight is 463 g/mol. The van der Waals surface area contributed by atoms with Gasteiger partial charge in [0.25, 0.3) is 17.7 Å². The van der Waals surface area contributed by atoms with Gasteiger partial charge in [0.2, 0.25) is 0 Å². The lowest BCUT2D eigenvalue weighted by Crippen LogP contribution is -2.40. The number of piperidine rings is 1. The first-order valence-corrected chi connectivity index (χ1v) is 10.8. The summed E-state index contributed by atoms with van der Waals surface area (Å²) in [5, 5.41) is 1.52. The molecule has 0 radical (unpaired) electrons. The Morgan fingerprint density at radius 3 is 2.17 bits per heavy atom. The van der Waals surface area contributed by atoms with Crippen molar-refractivity contribution < 1.29 is 14.4 Å². The van der Waals surface area contributed by atoms with Gasteiger partial charge in [0.15, 0.2) is 0 Å². The number of anilines is 1. The largest absolute Gasteiger partial charge is 0.339 e. The Balaban J connectivity index is 1.50. The standard InChI is InChI=1S/C24H19BrN2O3/c25-20-12-11-19-21-17(20)5-4-6-18(21)23(29)27(24(19)30)16-9-7-15(8-10-16)22(28)26-13-2-1-3-14-26/h4-12H,1-3,13-14H2. The number of likely N-dealkylation sites (tertiary alicyclic amines) is 1. The number of benzene rings is 3. The zero-order valence-corrected chi connectivity index (χ0v) is 17.8. The van der Waals surface area contributed by atoms with Crippen LogP contribution in [0, 0.1) is 0 Å². The summed E-state index contributed by atoms with van der Waals surface area (Å²) in [5.74, 6) is -0.713. The molecule has 1 saturated heterocycles. The molecule has 6 heteroatoms. The SMILES string of the molecule is O=C(c1ccc(N2C(=O)c3cccc4c(Br)ccc(c34)C2=O)cc1)N1CCCCC1. The predicted octanol–water partition coefficient (Wildman–Crippen LogP) is 5.03. The van der Waals surface area contributed by atoms with Crippen LogP contribution in [0.2, 0.25) is 0 Å². The molecule has 1 fully saturated rings. The molecule has 2 aliphatic rings. The minimum Gasteiger partial charge on any atom is -0.339 e. The van der Waals surface area contributed by atoms with Gasteiger partial charge in [-0.2, -0.15) is 0 Å². The molecule has 0 aromatic heterocycles. The summed E-state index contributed by atoms with van der Waals surface area (Å²) in [7, 11) is 0. The molecule has 0 spiro atoms. The van der Waals surface area contributed by atoms with E-state index < -0.39 is 0 Å². The van der Waals surface area contributed by atoms with Gasteiger partial charge < -0.3 is 4.90 Å². The molecule has 2 heterocycles.